The Morgan fingerprint density at radius 3 is 2.57 bits per heavy atom. The molecule has 0 atom stereocenters. The monoisotopic (exact) mass is 501 g/mol. The molecule has 3 aromatic heterocycles. The maximum absolute atomic E-state index is 13.1. The molecule has 0 saturated heterocycles. The predicted octanol–water partition coefficient (Wildman–Crippen LogP) is 3.66. The number of methoxy groups -OCH3 is 1. The van der Waals surface area contributed by atoms with Gasteiger partial charge in [-0.1, -0.05) is 0 Å². The first kappa shape index (κ1) is 22.3. The van der Waals surface area contributed by atoms with Crippen LogP contribution in [0.5, 0.6) is 28.7 Å². The number of ether oxygens (including phenoxy) is 3. The molecule has 0 bridgehead atoms. The molecule has 1 aliphatic heterocycles. The van der Waals surface area contributed by atoms with Gasteiger partial charge in [0.05, 0.1) is 18.2 Å². The molecule has 6 rings (SSSR count). The third-order valence-electron chi connectivity index (χ3n) is 6.02. The number of aryl methyl sites for hydroxylation is 1. The molecule has 0 radical (unpaired) electrons. The number of fused-ring (bicyclic) bond motifs is 2. The van der Waals surface area contributed by atoms with Gasteiger partial charge in [0.15, 0.2) is 28.8 Å². The molecular formula is C26H19N3O8. The maximum Gasteiger partial charge on any atom is 0.259 e. The Kier molecular flexibility index (Phi) is 4.93. The number of hydrogen-bond acceptors (Lipinski definition) is 9. The van der Waals surface area contributed by atoms with Gasteiger partial charge in [0.2, 0.25) is 18.0 Å². The highest BCUT2D eigenvalue weighted by Crippen LogP contribution is 2.40. The van der Waals surface area contributed by atoms with Crippen molar-refractivity contribution >= 4 is 10.9 Å². The Morgan fingerprint density at radius 1 is 1.00 bits per heavy atom. The predicted molar refractivity (Wildman–Crippen MR) is 132 cm³/mol. The summed E-state index contributed by atoms with van der Waals surface area (Å²) >= 11 is 0. The quantitative estimate of drug-likeness (QED) is 0.288. The zero-order valence-electron chi connectivity index (χ0n) is 19.5. The number of aromatic nitrogens is 3. The van der Waals surface area contributed by atoms with E-state index in [2.05, 4.69) is 15.0 Å². The average molecular weight is 501 g/mol. The third kappa shape index (κ3) is 3.64. The molecule has 2 aromatic carbocycles. The van der Waals surface area contributed by atoms with Gasteiger partial charge in [0.1, 0.15) is 23.0 Å². The number of hydrogen-bond donors (Lipinski definition) is 4. The summed E-state index contributed by atoms with van der Waals surface area (Å²) in [6.45, 7) is 1.66. The first-order chi connectivity index (χ1) is 17.8. The molecule has 0 aliphatic carbocycles. The molecule has 1 aliphatic rings. The van der Waals surface area contributed by atoms with E-state index in [9.17, 15) is 19.8 Å². The molecular weight excluding hydrogens is 482 g/mol. The van der Waals surface area contributed by atoms with E-state index in [1.54, 1.807) is 31.2 Å². The first-order valence-corrected chi connectivity index (χ1v) is 11.1. The van der Waals surface area contributed by atoms with Gasteiger partial charge in [0, 0.05) is 23.1 Å². The highest BCUT2D eigenvalue weighted by molar-refractivity contribution is 5.87. The number of rotatable bonds is 4. The van der Waals surface area contributed by atoms with Gasteiger partial charge < -0.3 is 38.8 Å². The van der Waals surface area contributed by atoms with Crippen molar-refractivity contribution in [3.63, 3.8) is 0 Å². The van der Waals surface area contributed by atoms with Crippen LogP contribution < -0.4 is 25.2 Å². The zero-order valence-corrected chi connectivity index (χ0v) is 19.5. The molecule has 11 nitrogen and oxygen atoms in total. The summed E-state index contributed by atoms with van der Waals surface area (Å²) in [4.78, 5) is 35.9. The summed E-state index contributed by atoms with van der Waals surface area (Å²) < 4.78 is 21.8. The molecule has 0 amide bonds. The molecule has 0 unspecified atom stereocenters. The minimum Gasteiger partial charge on any atom is -0.504 e. The lowest BCUT2D eigenvalue weighted by Crippen LogP contribution is -2.09. The average Bonchev–Trinajstić information content (AvgIpc) is 3.52. The van der Waals surface area contributed by atoms with Crippen molar-refractivity contribution in [3.05, 3.63) is 68.8 Å². The Hall–Kier alpha value is -5.19. The van der Waals surface area contributed by atoms with Crippen LogP contribution in [0.15, 0.2) is 56.5 Å². The Labute approximate surface area is 207 Å². The van der Waals surface area contributed by atoms with E-state index in [-0.39, 0.29) is 52.6 Å². The molecule has 0 spiro atoms. The van der Waals surface area contributed by atoms with Gasteiger partial charge in [-0.2, -0.15) is 0 Å². The fraction of sp³-hybridized carbons (Fsp3) is 0.115. The molecule has 4 heterocycles. The van der Waals surface area contributed by atoms with Gasteiger partial charge in [-0.05, 0) is 37.3 Å². The summed E-state index contributed by atoms with van der Waals surface area (Å²) in [5.74, 6) is 0.836. The normalized spacial score (nSPS) is 12.3. The van der Waals surface area contributed by atoms with E-state index in [1.165, 1.54) is 19.2 Å². The van der Waals surface area contributed by atoms with Crippen LogP contribution in [0.25, 0.3) is 45.0 Å². The van der Waals surface area contributed by atoms with E-state index in [4.69, 9.17) is 18.6 Å². The SMILES string of the molecule is COc1cc(-c2nc(-c3cc4cc5c(cc4[nH]c3=O)OCO5)[nH]c2-c2oc(C)cc(=O)c2O)ccc1O. The second-order valence-electron chi connectivity index (χ2n) is 8.40. The maximum atomic E-state index is 13.1. The largest absolute Gasteiger partial charge is 0.504 e. The second kappa shape index (κ2) is 8.19. The molecule has 0 fully saturated rings. The van der Waals surface area contributed by atoms with Crippen LogP contribution in [0.2, 0.25) is 0 Å². The van der Waals surface area contributed by atoms with Gasteiger partial charge >= 0.3 is 0 Å². The third-order valence-corrected chi connectivity index (χ3v) is 6.02. The van der Waals surface area contributed by atoms with Crippen molar-refractivity contribution in [2.45, 2.75) is 6.92 Å². The molecule has 4 N–H and O–H groups in total. The minimum atomic E-state index is -0.635. The van der Waals surface area contributed by atoms with Crippen LogP contribution in [0.3, 0.4) is 0 Å². The van der Waals surface area contributed by atoms with E-state index in [1.807, 2.05) is 0 Å². The molecule has 11 heteroatoms. The van der Waals surface area contributed by atoms with E-state index < -0.39 is 16.7 Å². The molecule has 186 valence electrons. The van der Waals surface area contributed by atoms with Crippen LogP contribution in [-0.2, 0) is 0 Å². The van der Waals surface area contributed by atoms with Crippen molar-refractivity contribution in [2.24, 2.45) is 0 Å². The number of nitrogens with one attached hydrogen (secondary N) is 2. The summed E-state index contributed by atoms with van der Waals surface area (Å²) in [5.41, 5.74) is 0.555. The summed E-state index contributed by atoms with van der Waals surface area (Å²) in [6.07, 6.45) is 0. The number of H-pyrrole nitrogens is 2. The highest BCUT2D eigenvalue weighted by Gasteiger charge is 2.24. The zero-order chi connectivity index (χ0) is 25.8. The Bertz CT molecular complexity index is 1830. The lowest BCUT2D eigenvalue weighted by atomic mass is 10.1. The van der Waals surface area contributed by atoms with Gasteiger partial charge in [-0.3, -0.25) is 9.59 Å². The van der Waals surface area contributed by atoms with Crippen LogP contribution in [-0.4, -0.2) is 39.1 Å². The lowest BCUT2D eigenvalue weighted by Gasteiger charge is -2.08. The number of nitrogens with zero attached hydrogens (tertiary/aromatic N) is 1. The van der Waals surface area contributed by atoms with Gasteiger partial charge in [0.25, 0.3) is 5.56 Å². The van der Waals surface area contributed by atoms with Crippen molar-refractivity contribution in [3.8, 4) is 62.8 Å². The summed E-state index contributed by atoms with van der Waals surface area (Å²) in [7, 11) is 1.40. The topological polar surface area (TPSA) is 160 Å². The molecule has 0 saturated carbocycles. The molecule has 37 heavy (non-hydrogen) atoms. The van der Waals surface area contributed by atoms with Crippen LogP contribution in [0.1, 0.15) is 5.76 Å². The van der Waals surface area contributed by atoms with Crippen LogP contribution >= 0.6 is 0 Å². The van der Waals surface area contributed by atoms with Crippen molar-refractivity contribution < 1.29 is 28.8 Å². The fourth-order valence-corrected chi connectivity index (χ4v) is 4.24. The number of aromatic amines is 2. The number of benzene rings is 2. The smallest absolute Gasteiger partial charge is 0.259 e. The summed E-state index contributed by atoms with van der Waals surface area (Å²) in [6, 6.07) is 10.8. The number of imidazole rings is 1. The van der Waals surface area contributed by atoms with Gasteiger partial charge in [-0.15, -0.1) is 0 Å². The summed E-state index contributed by atoms with van der Waals surface area (Å²) in [5, 5.41) is 21.3. The van der Waals surface area contributed by atoms with Crippen LogP contribution in [0, 0.1) is 6.92 Å². The van der Waals surface area contributed by atoms with Crippen molar-refractivity contribution in [1.29, 1.82) is 0 Å². The van der Waals surface area contributed by atoms with E-state index in [0.717, 1.165) is 6.07 Å². The number of phenolic OH excluding ortho intramolecular Hbond substituents is 1. The first-order valence-electron chi connectivity index (χ1n) is 11.1. The van der Waals surface area contributed by atoms with Gasteiger partial charge in [-0.25, -0.2) is 4.98 Å². The molecule has 5 aromatic rings. The second-order valence-corrected chi connectivity index (χ2v) is 8.40. The minimum absolute atomic E-state index is 0.0850. The number of phenols is 1. The standard InChI is InChI=1S/C26H19N3O8/c1-11-5-17(31)23(32)24(37-11)22-21(12-3-4-16(30)18(7-12)34-2)28-25(29-22)14-6-13-8-19-20(36-10-35-19)9-15(13)27-26(14)33/h3-9,30,32H,10H2,1-2H3,(H,27,33)(H,28,29). The van der Waals surface area contributed by atoms with E-state index in [0.29, 0.717) is 28.0 Å². The highest BCUT2D eigenvalue weighted by atomic mass is 16.7. The Morgan fingerprint density at radius 2 is 1.78 bits per heavy atom. The Balaban J connectivity index is 1.60. The van der Waals surface area contributed by atoms with E-state index >= 15 is 0 Å². The lowest BCUT2D eigenvalue weighted by molar-refractivity contribution is 0.174. The number of pyridine rings is 1. The fourth-order valence-electron chi connectivity index (χ4n) is 4.24. The van der Waals surface area contributed by atoms with Crippen molar-refractivity contribution in [1.82, 2.24) is 15.0 Å². The number of aromatic hydroxyl groups is 2. The van der Waals surface area contributed by atoms with Crippen LogP contribution in [0.4, 0.5) is 0 Å². The van der Waals surface area contributed by atoms with Crippen molar-refractivity contribution in [2.75, 3.05) is 13.9 Å².